The molecule has 0 amide bonds. The number of aliphatic hydroxyl groups is 1. The fourth-order valence-electron chi connectivity index (χ4n) is 2.46. The highest BCUT2D eigenvalue weighted by Gasteiger charge is 2.18. The molecule has 4 heteroatoms. The monoisotopic (exact) mass is 249 g/mol. The van der Waals surface area contributed by atoms with Gasteiger partial charge in [0, 0.05) is 24.8 Å². The molecule has 1 atom stereocenters. The van der Waals surface area contributed by atoms with E-state index in [0.29, 0.717) is 6.54 Å². The molecule has 4 nitrogen and oxygen atoms in total. The van der Waals surface area contributed by atoms with E-state index in [1.54, 1.807) is 0 Å². The van der Waals surface area contributed by atoms with Gasteiger partial charge in [0.1, 0.15) is 5.82 Å². The first-order chi connectivity index (χ1) is 8.67. The van der Waals surface area contributed by atoms with E-state index in [1.165, 1.54) is 24.1 Å². The number of pyridine rings is 1. The van der Waals surface area contributed by atoms with Crippen molar-refractivity contribution < 1.29 is 5.11 Å². The highest BCUT2D eigenvalue weighted by molar-refractivity contribution is 5.50. The van der Waals surface area contributed by atoms with Crippen LogP contribution < -0.4 is 10.6 Å². The number of aromatic nitrogens is 1. The highest BCUT2D eigenvalue weighted by Crippen LogP contribution is 2.26. The van der Waals surface area contributed by atoms with Gasteiger partial charge in [0.05, 0.1) is 12.6 Å². The molecule has 1 unspecified atom stereocenters. The van der Waals surface area contributed by atoms with Gasteiger partial charge in [0.15, 0.2) is 0 Å². The van der Waals surface area contributed by atoms with Crippen LogP contribution in [0.1, 0.15) is 36.6 Å². The van der Waals surface area contributed by atoms with E-state index in [0.717, 1.165) is 24.2 Å². The molecular formula is C14H23N3O. The van der Waals surface area contributed by atoms with Crippen molar-refractivity contribution >= 4 is 5.82 Å². The topological polar surface area (TPSA) is 62.4 Å². The second-order valence-corrected chi connectivity index (χ2v) is 5.13. The van der Waals surface area contributed by atoms with Crippen molar-refractivity contribution in [3.05, 3.63) is 22.9 Å². The van der Waals surface area contributed by atoms with Gasteiger partial charge in [0.25, 0.3) is 0 Å². The lowest BCUT2D eigenvalue weighted by Gasteiger charge is -2.28. The van der Waals surface area contributed by atoms with Crippen LogP contribution in [0.4, 0.5) is 5.82 Å². The molecule has 0 aromatic carbocycles. The normalized spacial score (nSPS) is 16.2. The zero-order valence-corrected chi connectivity index (χ0v) is 11.3. The Bertz CT molecular complexity index is 420. The van der Waals surface area contributed by atoms with Crippen molar-refractivity contribution in [2.24, 2.45) is 5.73 Å². The van der Waals surface area contributed by atoms with E-state index in [1.807, 2.05) is 18.9 Å². The largest absolute Gasteiger partial charge is 0.394 e. The number of rotatable bonds is 4. The predicted octanol–water partition coefficient (Wildman–Crippen LogP) is 1.24. The molecule has 100 valence electrons. The van der Waals surface area contributed by atoms with Gasteiger partial charge >= 0.3 is 0 Å². The maximum atomic E-state index is 9.27. The number of fused-ring (bicyclic) bond motifs is 1. The summed E-state index contributed by atoms with van der Waals surface area (Å²) in [6.07, 6.45) is 4.66. The van der Waals surface area contributed by atoms with Gasteiger partial charge < -0.3 is 15.7 Å². The van der Waals surface area contributed by atoms with Crippen LogP contribution in [0, 0.1) is 0 Å². The summed E-state index contributed by atoms with van der Waals surface area (Å²) >= 11 is 0. The third-order valence-corrected chi connectivity index (χ3v) is 3.84. The van der Waals surface area contributed by atoms with E-state index < -0.39 is 0 Å². The second-order valence-electron chi connectivity index (χ2n) is 5.13. The number of anilines is 1. The van der Waals surface area contributed by atoms with Crippen LogP contribution >= 0.6 is 0 Å². The Morgan fingerprint density at radius 1 is 1.44 bits per heavy atom. The average Bonchev–Trinajstić information content (AvgIpc) is 2.44. The average molecular weight is 249 g/mol. The minimum atomic E-state index is 0.0597. The lowest BCUT2D eigenvalue weighted by atomic mass is 9.94. The smallest absolute Gasteiger partial charge is 0.133 e. The summed E-state index contributed by atoms with van der Waals surface area (Å²) < 4.78 is 0. The van der Waals surface area contributed by atoms with Crippen molar-refractivity contribution in [2.75, 3.05) is 18.6 Å². The first kappa shape index (κ1) is 13.3. The molecule has 0 saturated heterocycles. The zero-order valence-electron chi connectivity index (χ0n) is 11.3. The van der Waals surface area contributed by atoms with Gasteiger partial charge in [-0.1, -0.05) is 0 Å². The Hall–Kier alpha value is -1.13. The maximum Gasteiger partial charge on any atom is 0.133 e. The molecule has 0 radical (unpaired) electrons. The van der Waals surface area contributed by atoms with E-state index >= 15 is 0 Å². The fraction of sp³-hybridized carbons (Fsp3) is 0.643. The standard InChI is InChI=1S/C14H23N3O/c1-10(9-18)17(2)14-12(8-15)7-11-5-3-4-6-13(11)16-14/h7,10,18H,3-6,8-9,15H2,1-2H3. The molecule has 3 N–H and O–H groups in total. The van der Waals surface area contributed by atoms with Gasteiger partial charge in [-0.3, -0.25) is 0 Å². The summed E-state index contributed by atoms with van der Waals surface area (Å²) in [5, 5.41) is 9.27. The molecule has 1 aromatic rings. The SMILES string of the molecule is CC(CO)N(C)c1nc2c(cc1CN)CCCC2. The highest BCUT2D eigenvalue weighted by atomic mass is 16.3. The summed E-state index contributed by atoms with van der Waals surface area (Å²) in [7, 11) is 1.97. The quantitative estimate of drug-likeness (QED) is 0.842. The van der Waals surface area contributed by atoms with Crippen LogP contribution in [0.3, 0.4) is 0 Å². The molecular weight excluding hydrogens is 226 g/mol. The third-order valence-electron chi connectivity index (χ3n) is 3.84. The second kappa shape index (κ2) is 5.67. The van der Waals surface area contributed by atoms with E-state index in [-0.39, 0.29) is 12.6 Å². The van der Waals surface area contributed by atoms with Crippen LogP contribution in [0.15, 0.2) is 6.07 Å². The van der Waals surface area contributed by atoms with E-state index in [4.69, 9.17) is 10.7 Å². The molecule has 0 aliphatic heterocycles. The van der Waals surface area contributed by atoms with Crippen molar-refractivity contribution in [3.8, 4) is 0 Å². The van der Waals surface area contributed by atoms with Crippen LogP contribution in [-0.2, 0) is 19.4 Å². The van der Waals surface area contributed by atoms with Crippen molar-refractivity contribution in [2.45, 2.75) is 45.2 Å². The molecule has 0 spiro atoms. The van der Waals surface area contributed by atoms with Crippen LogP contribution in [0.25, 0.3) is 0 Å². The number of nitrogens with two attached hydrogens (primary N) is 1. The first-order valence-electron chi connectivity index (χ1n) is 6.72. The summed E-state index contributed by atoms with van der Waals surface area (Å²) in [5.41, 5.74) is 9.49. The fourth-order valence-corrected chi connectivity index (χ4v) is 2.46. The Morgan fingerprint density at radius 2 is 2.17 bits per heavy atom. The van der Waals surface area contributed by atoms with Gasteiger partial charge in [-0.05, 0) is 44.2 Å². The van der Waals surface area contributed by atoms with Crippen molar-refractivity contribution in [1.82, 2.24) is 4.98 Å². The first-order valence-corrected chi connectivity index (χ1v) is 6.72. The van der Waals surface area contributed by atoms with Gasteiger partial charge in [-0.2, -0.15) is 0 Å². The number of aliphatic hydroxyl groups excluding tert-OH is 1. The molecule has 1 aliphatic rings. The lowest BCUT2D eigenvalue weighted by Crippen LogP contribution is -2.34. The predicted molar refractivity (Wildman–Crippen MR) is 73.7 cm³/mol. The lowest BCUT2D eigenvalue weighted by molar-refractivity contribution is 0.269. The molecule has 0 saturated carbocycles. The Labute approximate surface area is 109 Å². The summed E-state index contributed by atoms with van der Waals surface area (Å²) in [6, 6.07) is 2.27. The Kier molecular flexibility index (Phi) is 4.19. The molecule has 1 aliphatic carbocycles. The van der Waals surface area contributed by atoms with Crippen LogP contribution in [0.5, 0.6) is 0 Å². The zero-order chi connectivity index (χ0) is 13.1. The number of hydrogen-bond donors (Lipinski definition) is 2. The number of likely N-dealkylation sites (N-methyl/N-ethyl adjacent to an activating group) is 1. The summed E-state index contributed by atoms with van der Waals surface area (Å²) in [4.78, 5) is 6.81. The van der Waals surface area contributed by atoms with Crippen LogP contribution in [-0.4, -0.2) is 29.8 Å². The summed E-state index contributed by atoms with van der Waals surface area (Å²) in [5.74, 6) is 0.930. The molecule has 0 fully saturated rings. The number of hydrogen-bond acceptors (Lipinski definition) is 4. The minimum absolute atomic E-state index is 0.0597. The molecule has 0 bridgehead atoms. The van der Waals surface area contributed by atoms with Gasteiger partial charge in [-0.25, -0.2) is 4.98 Å². The Balaban J connectivity index is 2.39. The van der Waals surface area contributed by atoms with Crippen molar-refractivity contribution in [1.29, 1.82) is 0 Å². The number of aryl methyl sites for hydroxylation is 2. The Morgan fingerprint density at radius 3 is 2.83 bits per heavy atom. The molecule has 1 heterocycles. The molecule has 2 rings (SSSR count). The maximum absolute atomic E-state index is 9.27. The summed E-state index contributed by atoms with van der Waals surface area (Å²) in [6.45, 7) is 2.61. The molecule has 18 heavy (non-hydrogen) atoms. The van der Waals surface area contributed by atoms with Crippen molar-refractivity contribution in [3.63, 3.8) is 0 Å². The third kappa shape index (κ3) is 2.49. The van der Waals surface area contributed by atoms with Crippen LogP contribution in [0.2, 0.25) is 0 Å². The minimum Gasteiger partial charge on any atom is -0.394 e. The van der Waals surface area contributed by atoms with Gasteiger partial charge in [0.2, 0.25) is 0 Å². The number of nitrogens with zero attached hydrogens (tertiary/aromatic N) is 2. The van der Waals surface area contributed by atoms with E-state index in [2.05, 4.69) is 6.07 Å². The van der Waals surface area contributed by atoms with Gasteiger partial charge in [-0.15, -0.1) is 0 Å². The van der Waals surface area contributed by atoms with E-state index in [9.17, 15) is 5.11 Å². The molecule has 1 aromatic heterocycles.